The van der Waals surface area contributed by atoms with Crippen LogP contribution in [0.1, 0.15) is 18.7 Å². The number of rotatable bonds is 7. The van der Waals surface area contributed by atoms with Gasteiger partial charge in [-0.15, -0.1) is 0 Å². The van der Waals surface area contributed by atoms with Crippen molar-refractivity contribution < 1.29 is 9.26 Å². The molecule has 0 aliphatic heterocycles. The van der Waals surface area contributed by atoms with Crippen molar-refractivity contribution in [2.75, 3.05) is 13.7 Å². The summed E-state index contributed by atoms with van der Waals surface area (Å²) in [6.07, 6.45) is 4.63. The molecule has 0 fully saturated rings. The number of para-hydroxylation sites is 1. The van der Waals surface area contributed by atoms with Crippen molar-refractivity contribution in [2.45, 2.75) is 19.3 Å². The lowest BCUT2D eigenvalue weighted by Crippen LogP contribution is -1.94. The summed E-state index contributed by atoms with van der Waals surface area (Å²) in [4.78, 5) is 4.39. The van der Waals surface area contributed by atoms with Crippen LogP contribution in [0.5, 0.6) is 0 Å². The quantitative estimate of drug-likeness (QED) is 0.627. The fourth-order valence-corrected chi connectivity index (χ4v) is 2.15. The Morgan fingerprint density at radius 2 is 2.00 bits per heavy atom. The van der Waals surface area contributed by atoms with E-state index in [1.807, 2.05) is 42.6 Å². The number of unbranched alkanes of at least 4 members (excludes halogenated alkanes) is 1. The van der Waals surface area contributed by atoms with Gasteiger partial charge in [0.25, 0.3) is 5.89 Å². The van der Waals surface area contributed by atoms with Crippen molar-refractivity contribution >= 4 is 0 Å². The Morgan fingerprint density at radius 1 is 1.14 bits per heavy atom. The summed E-state index contributed by atoms with van der Waals surface area (Å²) < 4.78 is 12.1. The van der Waals surface area contributed by atoms with Gasteiger partial charge >= 0.3 is 0 Å². The average Bonchev–Trinajstić information content (AvgIpc) is 3.21. The van der Waals surface area contributed by atoms with Crippen LogP contribution < -0.4 is 0 Å². The predicted octanol–water partition coefficient (Wildman–Crippen LogP) is 2.89. The molecule has 6 nitrogen and oxygen atoms in total. The number of aryl methyl sites for hydroxylation is 1. The third-order valence-corrected chi connectivity index (χ3v) is 3.30. The first-order chi connectivity index (χ1) is 10.9. The summed E-state index contributed by atoms with van der Waals surface area (Å²) in [5, 5.41) is 8.47. The van der Waals surface area contributed by atoms with Crippen molar-refractivity contribution in [1.29, 1.82) is 0 Å². The minimum atomic E-state index is 0.455. The van der Waals surface area contributed by atoms with Crippen molar-refractivity contribution in [3.8, 4) is 17.3 Å². The second-order valence-corrected chi connectivity index (χ2v) is 4.95. The van der Waals surface area contributed by atoms with Gasteiger partial charge in [0.05, 0.1) is 5.69 Å². The Kier molecular flexibility index (Phi) is 4.60. The van der Waals surface area contributed by atoms with Gasteiger partial charge in [-0.2, -0.15) is 10.1 Å². The van der Waals surface area contributed by atoms with E-state index in [2.05, 4.69) is 15.2 Å². The normalized spacial score (nSPS) is 11.0. The fraction of sp³-hybridized carbons (Fsp3) is 0.312. The molecule has 3 aromatic rings. The molecular formula is C16H18N4O2. The van der Waals surface area contributed by atoms with Crippen molar-refractivity contribution in [3.63, 3.8) is 0 Å². The second-order valence-electron chi connectivity index (χ2n) is 4.95. The smallest absolute Gasteiger partial charge is 0.278 e. The molecule has 22 heavy (non-hydrogen) atoms. The van der Waals surface area contributed by atoms with Gasteiger partial charge in [-0.25, -0.2) is 4.68 Å². The number of nitrogens with zero attached hydrogens (tertiary/aromatic N) is 4. The lowest BCUT2D eigenvalue weighted by atomic mass is 10.2. The first kappa shape index (κ1) is 14.5. The molecule has 1 aromatic carbocycles. The van der Waals surface area contributed by atoms with Crippen LogP contribution in [0.15, 0.2) is 47.1 Å². The molecule has 0 radical (unpaired) electrons. The van der Waals surface area contributed by atoms with E-state index < -0.39 is 0 Å². The number of methoxy groups -OCH3 is 1. The number of hydrogen-bond acceptors (Lipinski definition) is 5. The van der Waals surface area contributed by atoms with E-state index in [4.69, 9.17) is 9.26 Å². The molecule has 3 rings (SSSR count). The molecular weight excluding hydrogens is 280 g/mol. The maximum absolute atomic E-state index is 5.29. The van der Waals surface area contributed by atoms with E-state index in [1.54, 1.807) is 11.8 Å². The van der Waals surface area contributed by atoms with Crippen LogP contribution in [0.3, 0.4) is 0 Å². The molecule has 0 bridgehead atoms. The Labute approximate surface area is 128 Å². The minimum absolute atomic E-state index is 0.455. The average molecular weight is 298 g/mol. The van der Waals surface area contributed by atoms with Gasteiger partial charge < -0.3 is 9.26 Å². The monoisotopic (exact) mass is 298 g/mol. The topological polar surface area (TPSA) is 66.0 Å². The predicted molar refractivity (Wildman–Crippen MR) is 81.7 cm³/mol. The second kappa shape index (κ2) is 7.00. The highest BCUT2D eigenvalue weighted by molar-refractivity contribution is 5.46. The number of ether oxygens (including phenoxy) is 1. The van der Waals surface area contributed by atoms with E-state index in [0.29, 0.717) is 17.4 Å². The molecule has 0 amide bonds. The molecule has 0 N–H and O–H groups in total. The highest BCUT2D eigenvalue weighted by Crippen LogP contribution is 2.17. The number of hydrogen-bond donors (Lipinski definition) is 0. The van der Waals surface area contributed by atoms with Gasteiger partial charge in [0.15, 0.2) is 11.5 Å². The molecule has 0 unspecified atom stereocenters. The molecule has 0 saturated heterocycles. The van der Waals surface area contributed by atoms with Crippen LogP contribution in [0.2, 0.25) is 0 Å². The van der Waals surface area contributed by atoms with E-state index in [1.165, 1.54) is 0 Å². The lowest BCUT2D eigenvalue weighted by molar-refractivity contribution is 0.192. The van der Waals surface area contributed by atoms with Gasteiger partial charge in [-0.3, -0.25) is 0 Å². The van der Waals surface area contributed by atoms with Crippen LogP contribution >= 0.6 is 0 Å². The summed E-state index contributed by atoms with van der Waals surface area (Å²) >= 11 is 0. The molecule has 0 aliphatic carbocycles. The summed E-state index contributed by atoms with van der Waals surface area (Å²) in [5.41, 5.74) is 1.67. The summed E-state index contributed by atoms with van der Waals surface area (Å²) in [6, 6.07) is 11.8. The van der Waals surface area contributed by atoms with E-state index >= 15 is 0 Å². The zero-order chi connectivity index (χ0) is 15.2. The molecule has 114 valence electrons. The van der Waals surface area contributed by atoms with Gasteiger partial charge in [0.2, 0.25) is 0 Å². The molecule has 0 aliphatic rings. The molecule has 0 spiro atoms. The number of aromatic nitrogens is 4. The van der Waals surface area contributed by atoms with Crippen LogP contribution in [0, 0.1) is 0 Å². The minimum Gasteiger partial charge on any atom is -0.385 e. The van der Waals surface area contributed by atoms with Crippen molar-refractivity contribution in [1.82, 2.24) is 19.9 Å². The molecule has 2 heterocycles. The first-order valence-corrected chi connectivity index (χ1v) is 7.30. The Balaban J connectivity index is 1.68. The fourth-order valence-electron chi connectivity index (χ4n) is 2.15. The Morgan fingerprint density at radius 3 is 2.82 bits per heavy atom. The molecule has 0 saturated carbocycles. The third kappa shape index (κ3) is 3.40. The van der Waals surface area contributed by atoms with Crippen molar-refractivity contribution in [2.24, 2.45) is 0 Å². The zero-order valence-electron chi connectivity index (χ0n) is 12.5. The summed E-state index contributed by atoms with van der Waals surface area (Å²) in [6.45, 7) is 0.756. The van der Waals surface area contributed by atoms with Crippen LogP contribution in [0.4, 0.5) is 0 Å². The Hall–Kier alpha value is -2.47. The van der Waals surface area contributed by atoms with E-state index in [0.717, 1.165) is 31.6 Å². The maximum atomic E-state index is 5.29. The van der Waals surface area contributed by atoms with Crippen LogP contribution in [-0.2, 0) is 11.2 Å². The van der Waals surface area contributed by atoms with E-state index in [-0.39, 0.29) is 0 Å². The Bertz CT molecular complexity index is 706. The van der Waals surface area contributed by atoms with Gasteiger partial charge in [-0.1, -0.05) is 23.4 Å². The number of benzene rings is 1. The maximum Gasteiger partial charge on any atom is 0.278 e. The van der Waals surface area contributed by atoms with Gasteiger partial charge in [-0.05, 0) is 31.0 Å². The standard InChI is InChI=1S/C16H18N4O2/c1-21-12-6-5-9-15-17-16(22-19-15)14-10-11-20(18-14)13-7-3-2-4-8-13/h2-4,7-8,10-11H,5-6,9,12H2,1H3. The zero-order valence-corrected chi connectivity index (χ0v) is 12.5. The summed E-state index contributed by atoms with van der Waals surface area (Å²) in [7, 11) is 1.70. The summed E-state index contributed by atoms with van der Waals surface area (Å²) in [5.74, 6) is 1.16. The highest BCUT2D eigenvalue weighted by atomic mass is 16.5. The van der Waals surface area contributed by atoms with Crippen molar-refractivity contribution in [3.05, 3.63) is 48.4 Å². The molecule has 6 heteroatoms. The SMILES string of the molecule is COCCCCc1noc(-c2ccn(-c3ccccc3)n2)n1. The van der Waals surface area contributed by atoms with Gasteiger partial charge in [0.1, 0.15) is 0 Å². The van der Waals surface area contributed by atoms with E-state index in [9.17, 15) is 0 Å². The highest BCUT2D eigenvalue weighted by Gasteiger charge is 2.12. The first-order valence-electron chi connectivity index (χ1n) is 7.30. The van der Waals surface area contributed by atoms with Crippen LogP contribution in [0.25, 0.3) is 17.3 Å². The largest absolute Gasteiger partial charge is 0.385 e. The third-order valence-electron chi connectivity index (χ3n) is 3.30. The molecule has 2 aromatic heterocycles. The van der Waals surface area contributed by atoms with Crippen LogP contribution in [-0.4, -0.2) is 33.6 Å². The van der Waals surface area contributed by atoms with Gasteiger partial charge in [0, 0.05) is 26.3 Å². The lowest BCUT2D eigenvalue weighted by Gasteiger charge is -1.98. The molecule has 0 atom stereocenters.